The van der Waals surface area contributed by atoms with E-state index in [9.17, 15) is 8.78 Å². The molecule has 4 heteroatoms. The first-order valence-electron chi connectivity index (χ1n) is 12.6. The van der Waals surface area contributed by atoms with E-state index in [4.69, 9.17) is 4.74 Å². The molecule has 31 heavy (non-hydrogen) atoms. The van der Waals surface area contributed by atoms with E-state index >= 15 is 0 Å². The molecule has 0 aliphatic heterocycles. The predicted molar refractivity (Wildman–Crippen MR) is 127 cm³/mol. The molecule has 2 aliphatic rings. The lowest BCUT2D eigenvalue weighted by Gasteiger charge is -2.38. The van der Waals surface area contributed by atoms with Crippen LogP contribution in [0.3, 0.4) is 0 Å². The summed E-state index contributed by atoms with van der Waals surface area (Å²) in [7, 11) is 0. The Hall–Kier alpha value is -1.00. The highest BCUT2D eigenvalue weighted by molar-refractivity contribution is 7.19. The van der Waals surface area contributed by atoms with Crippen molar-refractivity contribution in [3.05, 3.63) is 34.7 Å². The molecule has 0 amide bonds. The van der Waals surface area contributed by atoms with Crippen molar-refractivity contribution in [1.82, 2.24) is 0 Å². The molecule has 2 fully saturated rings. The molecule has 0 N–H and O–H groups in total. The Labute approximate surface area is 190 Å². The molecule has 1 nitrogen and oxygen atoms in total. The molecule has 0 spiro atoms. The van der Waals surface area contributed by atoms with E-state index in [0.29, 0.717) is 0 Å². The number of aryl methyl sites for hydroxylation is 1. The van der Waals surface area contributed by atoms with Crippen LogP contribution >= 0.6 is 11.3 Å². The molecule has 0 saturated heterocycles. The number of alkyl halides is 2. The van der Waals surface area contributed by atoms with Gasteiger partial charge in [0, 0.05) is 9.58 Å². The highest BCUT2D eigenvalue weighted by atomic mass is 32.1. The van der Waals surface area contributed by atoms with Crippen LogP contribution in [0, 0.1) is 17.8 Å². The number of ether oxygens (including phenoxy) is 1. The summed E-state index contributed by atoms with van der Waals surface area (Å²) in [5.41, 5.74) is 0.00117. The van der Waals surface area contributed by atoms with Gasteiger partial charge in [0.15, 0.2) is 0 Å². The quantitative estimate of drug-likeness (QED) is 0.391. The fourth-order valence-corrected chi connectivity index (χ4v) is 7.15. The Kier molecular flexibility index (Phi) is 7.69. The molecule has 4 rings (SSSR count). The molecular formula is C27H38F2OS. The standard InChI is InChI=1S/C27H38F2OS/c1-3-5-19-7-9-20(10-8-19)21-12-15-24(16-13-21)30-27(28,29)23-14-11-22-17-25(6-4-2)31-26(22)18-23/h11,14,17-21,24H,3-10,12-13,15-16H2,1-2H3. The smallest absolute Gasteiger partial charge is 0.313 e. The highest BCUT2D eigenvalue weighted by Crippen LogP contribution is 2.43. The van der Waals surface area contributed by atoms with Gasteiger partial charge in [-0.15, -0.1) is 11.3 Å². The summed E-state index contributed by atoms with van der Waals surface area (Å²) in [5, 5.41) is 1.06. The van der Waals surface area contributed by atoms with Gasteiger partial charge in [-0.2, -0.15) is 8.78 Å². The van der Waals surface area contributed by atoms with Crippen molar-refractivity contribution < 1.29 is 13.5 Å². The molecule has 2 aromatic rings. The molecule has 0 bridgehead atoms. The van der Waals surface area contributed by atoms with Crippen LogP contribution in [0.5, 0.6) is 0 Å². The highest BCUT2D eigenvalue weighted by Gasteiger charge is 2.39. The maximum atomic E-state index is 15.0. The monoisotopic (exact) mass is 448 g/mol. The van der Waals surface area contributed by atoms with E-state index in [1.165, 1.54) is 43.4 Å². The maximum Gasteiger partial charge on any atom is 0.383 e. The minimum Gasteiger partial charge on any atom is -0.313 e. The summed E-state index contributed by atoms with van der Waals surface area (Å²) in [6.07, 6.45) is 10.3. The van der Waals surface area contributed by atoms with Crippen molar-refractivity contribution in [2.45, 2.75) is 103 Å². The average molecular weight is 449 g/mol. The zero-order chi connectivity index (χ0) is 21.8. The van der Waals surface area contributed by atoms with Gasteiger partial charge < -0.3 is 4.74 Å². The van der Waals surface area contributed by atoms with E-state index in [1.807, 2.05) is 6.07 Å². The predicted octanol–water partition coefficient (Wildman–Crippen LogP) is 9.09. The maximum absolute atomic E-state index is 15.0. The van der Waals surface area contributed by atoms with Crippen molar-refractivity contribution in [1.29, 1.82) is 0 Å². The number of rotatable bonds is 8. The van der Waals surface area contributed by atoms with Crippen LogP contribution in [0.15, 0.2) is 24.3 Å². The van der Waals surface area contributed by atoms with Crippen molar-refractivity contribution in [2.24, 2.45) is 17.8 Å². The summed E-state index contributed by atoms with van der Waals surface area (Å²) in [5.74, 6) is 2.46. The van der Waals surface area contributed by atoms with Gasteiger partial charge in [-0.05, 0) is 86.3 Å². The molecule has 172 valence electrons. The van der Waals surface area contributed by atoms with Crippen LogP contribution in [-0.4, -0.2) is 6.10 Å². The average Bonchev–Trinajstić information content (AvgIpc) is 3.17. The lowest BCUT2D eigenvalue weighted by molar-refractivity contribution is -0.278. The largest absolute Gasteiger partial charge is 0.383 e. The van der Waals surface area contributed by atoms with Crippen LogP contribution in [0.1, 0.15) is 94.9 Å². The van der Waals surface area contributed by atoms with Gasteiger partial charge >= 0.3 is 6.11 Å². The molecule has 2 saturated carbocycles. The summed E-state index contributed by atoms with van der Waals surface area (Å²) in [6.45, 7) is 4.43. The fourth-order valence-electron chi connectivity index (χ4n) is 5.95. The first-order valence-corrected chi connectivity index (χ1v) is 13.4. The second-order valence-electron chi connectivity index (χ2n) is 9.96. The van der Waals surface area contributed by atoms with E-state index in [0.717, 1.165) is 66.4 Å². The topological polar surface area (TPSA) is 9.23 Å². The Morgan fingerprint density at radius 2 is 1.58 bits per heavy atom. The van der Waals surface area contributed by atoms with E-state index in [1.54, 1.807) is 23.5 Å². The first kappa shape index (κ1) is 23.2. The van der Waals surface area contributed by atoms with E-state index in [-0.39, 0.29) is 11.7 Å². The number of thiophene rings is 1. The molecule has 1 heterocycles. The minimum atomic E-state index is -3.21. The van der Waals surface area contributed by atoms with Crippen molar-refractivity contribution in [2.75, 3.05) is 0 Å². The number of halogens is 2. The molecule has 2 aliphatic carbocycles. The summed E-state index contributed by atoms with van der Waals surface area (Å²) in [4.78, 5) is 1.26. The zero-order valence-electron chi connectivity index (χ0n) is 19.2. The van der Waals surface area contributed by atoms with Crippen LogP contribution in [-0.2, 0) is 17.3 Å². The second kappa shape index (κ2) is 10.3. The van der Waals surface area contributed by atoms with Crippen LogP contribution < -0.4 is 0 Å². The minimum absolute atomic E-state index is 0.00117. The molecule has 0 atom stereocenters. The lowest BCUT2D eigenvalue weighted by atomic mass is 9.70. The molecular weight excluding hydrogens is 410 g/mol. The van der Waals surface area contributed by atoms with Crippen LogP contribution in [0.4, 0.5) is 8.78 Å². The first-order chi connectivity index (χ1) is 15.0. The normalized spacial score (nSPS) is 27.6. The number of benzene rings is 1. The van der Waals surface area contributed by atoms with Gasteiger partial charge in [0.2, 0.25) is 0 Å². The van der Waals surface area contributed by atoms with Crippen LogP contribution in [0.25, 0.3) is 10.1 Å². The van der Waals surface area contributed by atoms with Gasteiger partial charge in [0.05, 0.1) is 11.7 Å². The fraction of sp³-hybridized carbons (Fsp3) is 0.704. The van der Waals surface area contributed by atoms with E-state index in [2.05, 4.69) is 19.9 Å². The Morgan fingerprint density at radius 1 is 0.903 bits per heavy atom. The van der Waals surface area contributed by atoms with E-state index < -0.39 is 6.11 Å². The Bertz CT molecular complexity index is 829. The Balaban J connectivity index is 1.31. The van der Waals surface area contributed by atoms with Gasteiger partial charge in [-0.3, -0.25) is 0 Å². The molecule has 1 aromatic carbocycles. The zero-order valence-corrected chi connectivity index (χ0v) is 20.0. The third-order valence-electron chi connectivity index (χ3n) is 7.69. The Morgan fingerprint density at radius 3 is 2.23 bits per heavy atom. The van der Waals surface area contributed by atoms with Gasteiger partial charge in [0.1, 0.15) is 0 Å². The third kappa shape index (κ3) is 5.68. The van der Waals surface area contributed by atoms with Crippen molar-refractivity contribution >= 4 is 21.4 Å². The molecule has 1 aromatic heterocycles. The number of hydrogen-bond donors (Lipinski definition) is 0. The SMILES string of the molecule is CCCc1cc2ccc(C(F)(F)OC3CCC(C4CCC(CCC)CC4)CC3)cc2s1. The second-order valence-corrected chi connectivity index (χ2v) is 11.1. The summed E-state index contributed by atoms with van der Waals surface area (Å²) >= 11 is 1.63. The number of fused-ring (bicyclic) bond motifs is 1. The van der Waals surface area contributed by atoms with Crippen LogP contribution in [0.2, 0.25) is 0 Å². The lowest BCUT2D eigenvalue weighted by Crippen LogP contribution is -2.32. The van der Waals surface area contributed by atoms with Crippen molar-refractivity contribution in [3.63, 3.8) is 0 Å². The van der Waals surface area contributed by atoms with Crippen molar-refractivity contribution in [3.8, 4) is 0 Å². The molecule has 0 unspecified atom stereocenters. The summed E-state index contributed by atoms with van der Waals surface area (Å²) in [6, 6.07) is 7.14. The number of hydrogen-bond acceptors (Lipinski definition) is 2. The summed E-state index contributed by atoms with van der Waals surface area (Å²) < 4.78 is 36.3. The molecule has 0 radical (unpaired) electrons. The van der Waals surface area contributed by atoms with Gasteiger partial charge in [0.25, 0.3) is 0 Å². The van der Waals surface area contributed by atoms with Gasteiger partial charge in [-0.25, -0.2) is 0 Å². The van der Waals surface area contributed by atoms with Gasteiger partial charge in [-0.1, -0.05) is 52.0 Å². The third-order valence-corrected chi connectivity index (χ3v) is 8.85.